The first-order valence-corrected chi connectivity index (χ1v) is 9.76. The molecule has 6 nitrogen and oxygen atoms in total. The monoisotopic (exact) mass is 393 g/mol. The molecule has 29 heavy (non-hydrogen) atoms. The van der Waals surface area contributed by atoms with Crippen molar-refractivity contribution in [2.45, 2.75) is 26.9 Å². The van der Waals surface area contributed by atoms with Gasteiger partial charge in [-0.3, -0.25) is 4.79 Å². The van der Waals surface area contributed by atoms with Crippen molar-refractivity contribution >= 4 is 5.91 Å². The summed E-state index contributed by atoms with van der Waals surface area (Å²) < 4.78 is 11.0. The van der Waals surface area contributed by atoms with E-state index in [9.17, 15) is 4.79 Å². The maximum atomic E-state index is 13.0. The first-order valence-electron chi connectivity index (χ1n) is 9.76. The van der Waals surface area contributed by atoms with Crippen LogP contribution >= 0.6 is 0 Å². The molecule has 2 N–H and O–H groups in total. The van der Waals surface area contributed by atoms with E-state index < -0.39 is 0 Å². The second-order valence-corrected chi connectivity index (χ2v) is 6.94. The fraction of sp³-hybridized carbons (Fsp3) is 0.304. The third-order valence-corrected chi connectivity index (χ3v) is 4.84. The van der Waals surface area contributed by atoms with Gasteiger partial charge in [-0.1, -0.05) is 41.6 Å². The van der Waals surface area contributed by atoms with Gasteiger partial charge < -0.3 is 19.9 Å². The van der Waals surface area contributed by atoms with Gasteiger partial charge in [-0.15, -0.1) is 0 Å². The summed E-state index contributed by atoms with van der Waals surface area (Å²) >= 11 is 0. The fourth-order valence-corrected chi connectivity index (χ4v) is 3.14. The second-order valence-electron chi connectivity index (χ2n) is 6.94. The summed E-state index contributed by atoms with van der Waals surface area (Å²) in [7, 11) is 0. The van der Waals surface area contributed by atoms with Crippen LogP contribution in [0, 0.1) is 13.8 Å². The third-order valence-electron chi connectivity index (χ3n) is 4.84. The molecule has 0 radical (unpaired) electrons. The van der Waals surface area contributed by atoms with E-state index in [0.717, 1.165) is 23.4 Å². The average Bonchev–Trinajstić information content (AvgIpc) is 3.07. The van der Waals surface area contributed by atoms with Gasteiger partial charge in [-0.05, 0) is 44.0 Å². The molecule has 0 saturated carbocycles. The Labute approximate surface area is 171 Å². The summed E-state index contributed by atoms with van der Waals surface area (Å²) in [5.74, 6) is 1.32. The molecule has 0 aliphatic carbocycles. The van der Waals surface area contributed by atoms with Crippen LogP contribution in [0.4, 0.5) is 0 Å². The van der Waals surface area contributed by atoms with Gasteiger partial charge in [0.05, 0.1) is 11.3 Å². The van der Waals surface area contributed by atoms with Crippen molar-refractivity contribution in [3.05, 3.63) is 82.7 Å². The Morgan fingerprint density at radius 3 is 2.59 bits per heavy atom. The number of rotatable bonds is 9. The van der Waals surface area contributed by atoms with E-state index >= 15 is 0 Å². The lowest BCUT2D eigenvalue weighted by atomic mass is 10.1. The molecule has 1 amide bonds. The summed E-state index contributed by atoms with van der Waals surface area (Å²) in [5.41, 5.74) is 9.26. The predicted molar refractivity (Wildman–Crippen MR) is 112 cm³/mol. The Bertz CT molecular complexity index is 918. The summed E-state index contributed by atoms with van der Waals surface area (Å²) in [5, 5.41) is 3.94. The van der Waals surface area contributed by atoms with E-state index in [2.05, 4.69) is 17.3 Å². The Balaban J connectivity index is 1.67. The molecule has 0 spiro atoms. The molecule has 0 fully saturated rings. The maximum Gasteiger partial charge on any atom is 0.254 e. The number of carbonyl (C=O) groups excluding carboxylic acids is 1. The molecular formula is C23H27N3O3. The van der Waals surface area contributed by atoms with Gasteiger partial charge in [0.25, 0.3) is 5.91 Å². The Kier molecular flexibility index (Phi) is 7.03. The van der Waals surface area contributed by atoms with Gasteiger partial charge in [0, 0.05) is 25.2 Å². The zero-order chi connectivity index (χ0) is 20.6. The van der Waals surface area contributed by atoms with Gasteiger partial charge in [-0.2, -0.15) is 0 Å². The minimum Gasteiger partial charge on any atom is -0.489 e. The third kappa shape index (κ3) is 5.45. The molecule has 2 aromatic carbocycles. The quantitative estimate of drug-likeness (QED) is 0.602. The predicted octanol–water partition coefficient (Wildman–Crippen LogP) is 3.51. The number of aromatic nitrogens is 1. The van der Waals surface area contributed by atoms with Crippen LogP contribution in [0.3, 0.4) is 0 Å². The van der Waals surface area contributed by atoms with E-state index in [-0.39, 0.29) is 5.91 Å². The first-order chi connectivity index (χ1) is 14.1. The summed E-state index contributed by atoms with van der Waals surface area (Å²) in [6.07, 6.45) is 0.787. The van der Waals surface area contributed by atoms with Crippen molar-refractivity contribution in [2.24, 2.45) is 5.73 Å². The van der Waals surface area contributed by atoms with Crippen LogP contribution in [-0.4, -0.2) is 35.6 Å². The molecule has 0 unspecified atom stereocenters. The van der Waals surface area contributed by atoms with E-state index in [1.807, 2.05) is 44.2 Å². The van der Waals surface area contributed by atoms with Crippen molar-refractivity contribution in [1.82, 2.24) is 10.1 Å². The maximum absolute atomic E-state index is 13.0. The Morgan fingerprint density at radius 2 is 1.90 bits per heavy atom. The molecule has 0 saturated heterocycles. The number of carbonyl (C=O) groups is 1. The van der Waals surface area contributed by atoms with E-state index in [0.29, 0.717) is 37.6 Å². The van der Waals surface area contributed by atoms with Gasteiger partial charge >= 0.3 is 0 Å². The number of ether oxygens (including phenoxy) is 1. The molecular weight excluding hydrogens is 366 g/mol. The lowest BCUT2D eigenvalue weighted by molar-refractivity contribution is 0.0761. The molecule has 3 aromatic rings. The second kappa shape index (κ2) is 9.89. The number of amides is 1. The molecule has 152 valence electrons. The van der Waals surface area contributed by atoms with Crippen LogP contribution in [0.2, 0.25) is 0 Å². The van der Waals surface area contributed by atoms with Crippen LogP contribution in [0.15, 0.2) is 59.1 Å². The van der Waals surface area contributed by atoms with Crippen LogP contribution in [0.25, 0.3) is 0 Å². The molecule has 0 aliphatic heterocycles. The van der Waals surface area contributed by atoms with Gasteiger partial charge in [0.2, 0.25) is 0 Å². The molecule has 3 rings (SSSR count). The standard InChI is InChI=1S/C23H27N3O3/c1-17-22(18(2)29-25-17)16-28-21-10-6-9-20(15-21)23(27)26(14-12-24)13-11-19-7-4-3-5-8-19/h3-10,15H,11-14,16,24H2,1-2H3. The molecule has 1 aromatic heterocycles. The highest BCUT2D eigenvalue weighted by Gasteiger charge is 2.16. The highest BCUT2D eigenvalue weighted by molar-refractivity contribution is 5.94. The highest BCUT2D eigenvalue weighted by Crippen LogP contribution is 2.19. The highest BCUT2D eigenvalue weighted by atomic mass is 16.5. The minimum absolute atomic E-state index is 0.0471. The van der Waals surface area contributed by atoms with Crippen molar-refractivity contribution in [3.8, 4) is 5.75 Å². The molecule has 0 atom stereocenters. The number of aryl methyl sites for hydroxylation is 2. The Morgan fingerprint density at radius 1 is 1.10 bits per heavy atom. The lowest BCUT2D eigenvalue weighted by Gasteiger charge is -2.22. The topological polar surface area (TPSA) is 81.6 Å². The SMILES string of the molecule is Cc1noc(C)c1COc1cccc(C(=O)N(CCN)CCc2ccccc2)c1. The normalized spacial score (nSPS) is 10.7. The summed E-state index contributed by atoms with van der Waals surface area (Å²) in [6.45, 7) is 5.63. The molecule has 6 heteroatoms. The van der Waals surface area contributed by atoms with Crippen LogP contribution < -0.4 is 10.5 Å². The molecule has 1 heterocycles. The fourth-order valence-electron chi connectivity index (χ4n) is 3.14. The van der Waals surface area contributed by atoms with Crippen molar-refractivity contribution < 1.29 is 14.1 Å². The van der Waals surface area contributed by atoms with Gasteiger partial charge in [0.1, 0.15) is 18.1 Å². The lowest BCUT2D eigenvalue weighted by Crippen LogP contribution is -2.36. The number of nitrogens with zero attached hydrogens (tertiary/aromatic N) is 2. The van der Waals surface area contributed by atoms with E-state index in [1.165, 1.54) is 5.56 Å². The van der Waals surface area contributed by atoms with Gasteiger partial charge in [-0.25, -0.2) is 0 Å². The van der Waals surface area contributed by atoms with Gasteiger partial charge in [0.15, 0.2) is 0 Å². The zero-order valence-electron chi connectivity index (χ0n) is 16.9. The van der Waals surface area contributed by atoms with E-state index in [1.54, 1.807) is 17.0 Å². The number of hydrogen-bond acceptors (Lipinski definition) is 5. The van der Waals surface area contributed by atoms with Crippen molar-refractivity contribution in [1.29, 1.82) is 0 Å². The van der Waals surface area contributed by atoms with Crippen LogP contribution in [0.5, 0.6) is 5.75 Å². The minimum atomic E-state index is -0.0471. The number of nitrogens with two attached hydrogens (primary N) is 1. The van der Waals surface area contributed by atoms with Crippen molar-refractivity contribution in [2.75, 3.05) is 19.6 Å². The van der Waals surface area contributed by atoms with Crippen LogP contribution in [-0.2, 0) is 13.0 Å². The van der Waals surface area contributed by atoms with Crippen molar-refractivity contribution in [3.63, 3.8) is 0 Å². The average molecular weight is 393 g/mol. The molecule has 0 bridgehead atoms. The zero-order valence-corrected chi connectivity index (χ0v) is 16.9. The van der Waals surface area contributed by atoms with E-state index in [4.69, 9.17) is 15.0 Å². The summed E-state index contributed by atoms with van der Waals surface area (Å²) in [6, 6.07) is 17.4. The smallest absolute Gasteiger partial charge is 0.254 e. The number of benzene rings is 2. The van der Waals surface area contributed by atoms with Crippen LogP contribution in [0.1, 0.15) is 32.9 Å². The number of hydrogen-bond donors (Lipinski definition) is 1. The largest absolute Gasteiger partial charge is 0.489 e. The first kappa shape index (κ1) is 20.6. The Hall–Kier alpha value is -3.12. The summed E-state index contributed by atoms with van der Waals surface area (Å²) in [4.78, 5) is 14.8. The molecule has 0 aliphatic rings.